The van der Waals surface area contributed by atoms with Crippen LogP contribution in [0.5, 0.6) is 0 Å². The molecule has 1 atom stereocenters. The number of carbonyl (C=O) groups is 1. The SMILES string of the molecule is CCOC(=O)COC1=C(C#N)CC(C(C)(C)C)CC1. The maximum Gasteiger partial charge on any atom is 0.344 e. The predicted octanol–water partition coefficient (Wildman–Crippen LogP) is 3.19. The van der Waals surface area contributed by atoms with Gasteiger partial charge >= 0.3 is 5.97 Å². The van der Waals surface area contributed by atoms with Crippen LogP contribution in [0.3, 0.4) is 0 Å². The summed E-state index contributed by atoms with van der Waals surface area (Å²) in [6.45, 7) is 8.57. The third-order valence-electron chi connectivity index (χ3n) is 3.54. The molecule has 0 aromatic heterocycles. The van der Waals surface area contributed by atoms with Crippen LogP contribution in [0, 0.1) is 22.7 Å². The monoisotopic (exact) mass is 265 g/mol. The second kappa shape index (κ2) is 6.60. The Morgan fingerprint density at radius 3 is 2.68 bits per heavy atom. The topological polar surface area (TPSA) is 59.3 Å². The molecule has 1 rings (SSSR count). The van der Waals surface area contributed by atoms with Gasteiger partial charge in [-0.25, -0.2) is 4.79 Å². The van der Waals surface area contributed by atoms with Crippen LogP contribution in [-0.4, -0.2) is 19.2 Å². The summed E-state index contributed by atoms with van der Waals surface area (Å²) < 4.78 is 10.3. The van der Waals surface area contributed by atoms with Gasteiger partial charge in [0.1, 0.15) is 5.76 Å². The molecule has 0 saturated carbocycles. The van der Waals surface area contributed by atoms with Crippen LogP contribution in [0.2, 0.25) is 0 Å². The lowest BCUT2D eigenvalue weighted by Crippen LogP contribution is -2.25. The third-order valence-corrected chi connectivity index (χ3v) is 3.54. The lowest BCUT2D eigenvalue weighted by atomic mass is 9.72. The number of esters is 1. The highest BCUT2D eigenvalue weighted by Crippen LogP contribution is 2.40. The Bertz CT molecular complexity index is 399. The summed E-state index contributed by atoms with van der Waals surface area (Å²) in [6.07, 6.45) is 2.45. The fourth-order valence-electron chi connectivity index (χ4n) is 2.27. The van der Waals surface area contributed by atoms with Gasteiger partial charge in [0.25, 0.3) is 0 Å². The quantitative estimate of drug-likeness (QED) is 0.732. The van der Waals surface area contributed by atoms with Crippen molar-refractivity contribution in [1.82, 2.24) is 0 Å². The maximum atomic E-state index is 11.3. The molecule has 19 heavy (non-hydrogen) atoms. The van der Waals surface area contributed by atoms with Crippen LogP contribution < -0.4 is 0 Å². The van der Waals surface area contributed by atoms with Gasteiger partial charge in [0.2, 0.25) is 0 Å². The van der Waals surface area contributed by atoms with E-state index in [4.69, 9.17) is 9.47 Å². The minimum atomic E-state index is -0.384. The van der Waals surface area contributed by atoms with Crippen molar-refractivity contribution in [3.8, 4) is 6.07 Å². The minimum absolute atomic E-state index is 0.103. The van der Waals surface area contributed by atoms with Gasteiger partial charge in [0.05, 0.1) is 18.2 Å². The largest absolute Gasteiger partial charge is 0.485 e. The zero-order valence-corrected chi connectivity index (χ0v) is 12.3. The van der Waals surface area contributed by atoms with E-state index in [0.29, 0.717) is 23.9 Å². The molecular formula is C15H23NO3. The zero-order valence-electron chi connectivity index (χ0n) is 12.3. The Hall–Kier alpha value is -1.50. The molecule has 0 aliphatic heterocycles. The molecule has 106 valence electrons. The summed E-state index contributed by atoms with van der Waals surface area (Å²) in [6, 6.07) is 2.21. The normalized spacial score (nSPS) is 19.8. The van der Waals surface area contributed by atoms with Crippen LogP contribution in [-0.2, 0) is 14.3 Å². The van der Waals surface area contributed by atoms with E-state index >= 15 is 0 Å². The van der Waals surface area contributed by atoms with Crippen molar-refractivity contribution in [2.75, 3.05) is 13.2 Å². The van der Waals surface area contributed by atoms with Crippen LogP contribution >= 0.6 is 0 Å². The molecule has 1 unspecified atom stereocenters. The Labute approximate surface area is 115 Å². The molecule has 0 heterocycles. The van der Waals surface area contributed by atoms with Gasteiger partial charge in [0.15, 0.2) is 6.61 Å². The lowest BCUT2D eigenvalue weighted by molar-refractivity contribution is -0.147. The molecule has 0 aromatic carbocycles. The van der Waals surface area contributed by atoms with E-state index in [9.17, 15) is 10.1 Å². The standard InChI is InChI=1S/C15H23NO3/c1-5-18-14(17)10-19-13-7-6-12(15(2,3)4)8-11(13)9-16/h12H,5-8,10H2,1-4H3. The van der Waals surface area contributed by atoms with Crippen molar-refractivity contribution in [1.29, 1.82) is 5.26 Å². The fourth-order valence-corrected chi connectivity index (χ4v) is 2.27. The van der Waals surface area contributed by atoms with Gasteiger partial charge in [-0.3, -0.25) is 0 Å². The number of nitriles is 1. The van der Waals surface area contributed by atoms with E-state index in [0.717, 1.165) is 19.3 Å². The van der Waals surface area contributed by atoms with Crippen molar-refractivity contribution in [2.45, 2.75) is 47.0 Å². The molecule has 0 fully saturated rings. The molecule has 0 amide bonds. The van der Waals surface area contributed by atoms with Crippen LogP contribution in [0.25, 0.3) is 0 Å². The van der Waals surface area contributed by atoms with E-state index in [-0.39, 0.29) is 18.0 Å². The molecule has 0 N–H and O–H groups in total. The maximum absolute atomic E-state index is 11.3. The van der Waals surface area contributed by atoms with E-state index < -0.39 is 0 Å². The average molecular weight is 265 g/mol. The molecule has 0 radical (unpaired) electrons. The summed E-state index contributed by atoms with van der Waals surface area (Å²) in [5.74, 6) is 0.762. The molecular weight excluding hydrogens is 242 g/mol. The highest BCUT2D eigenvalue weighted by molar-refractivity contribution is 5.70. The highest BCUT2D eigenvalue weighted by Gasteiger charge is 2.30. The van der Waals surface area contributed by atoms with Crippen molar-refractivity contribution >= 4 is 5.97 Å². The molecule has 4 nitrogen and oxygen atoms in total. The molecule has 1 aliphatic carbocycles. The lowest BCUT2D eigenvalue weighted by Gasteiger charge is -2.34. The van der Waals surface area contributed by atoms with Crippen molar-refractivity contribution in [2.24, 2.45) is 11.3 Å². The van der Waals surface area contributed by atoms with Crippen molar-refractivity contribution < 1.29 is 14.3 Å². The summed E-state index contributed by atoms with van der Waals surface area (Å²) in [5.41, 5.74) is 0.866. The van der Waals surface area contributed by atoms with Gasteiger partial charge in [0, 0.05) is 6.42 Å². The summed E-state index contributed by atoms with van der Waals surface area (Å²) >= 11 is 0. The van der Waals surface area contributed by atoms with E-state index in [1.807, 2.05) is 0 Å². The first-order valence-electron chi connectivity index (χ1n) is 6.79. The Morgan fingerprint density at radius 1 is 1.47 bits per heavy atom. The van der Waals surface area contributed by atoms with Crippen molar-refractivity contribution in [3.63, 3.8) is 0 Å². The molecule has 0 spiro atoms. The van der Waals surface area contributed by atoms with Crippen LogP contribution in [0.4, 0.5) is 0 Å². The molecule has 0 bridgehead atoms. The third kappa shape index (κ3) is 4.59. The highest BCUT2D eigenvalue weighted by atomic mass is 16.6. The van der Waals surface area contributed by atoms with Gasteiger partial charge in [-0.1, -0.05) is 20.8 Å². The predicted molar refractivity (Wildman–Crippen MR) is 72.0 cm³/mol. The number of carbonyl (C=O) groups excluding carboxylic acids is 1. The number of nitrogens with zero attached hydrogens (tertiary/aromatic N) is 1. The second-order valence-corrected chi connectivity index (χ2v) is 5.91. The van der Waals surface area contributed by atoms with Gasteiger partial charge in [-0.15, -0.1) is 0 Å². The first-order chi connectivity index (χ1) is 8.88. The minimum Gasteiger partial charge on any atom is -0.485 e. The fraction of sp³-hybridized carbons (Fsp3) is 0.733. The number of hydrogen-bond acceptors (Lipinski definition) is 4. The second-order valence-electron chi connectivity index (χ2n) is 5.91. The van der Waals surface area contributed by atoms with E-state index in [1.165, 1.54) is 0 Å². The van der Waals surface area contributed by atoms with Crippen LogP contribution in [0.15, 0.2) is 11.3 Å². The smallest absolute Gasteiger partial charge is 0.344 e. The summed E-state index contributed by atoms with van der Waals surface area (Å²) in [5, 5.41) is 9.21. The summed E-state index contributed by atoms with van der Waals surface area (Å²) in [4.78, 5) is 11.3. The molecule has 4 heteroatoms. The Balaban J connectivity index is 2.65. The Kier molecular flexibility index (Phi) is 5.41. The van der Waals surface area contributed by atoms with Gasteiger partial charge in [-0.05, 0) is 31.1 Å². The first-order valence-corrected chi connectivity index (χ1v) is 6.79. The zero-order chi connectivity index (χ0) is 14.5. The summed E-state index contributed by atoms with van der Waals surface area (Å²) in [7, 11) is 0. The van der Waals surface area contributed by atoms with Gasteiger partial charge < -0.3 is 9.47 Å². The molecule has 0 saturated heterocycles. The van der Waals surface area contributed by atoms with Crippen LogP contribution in [0.1, 0.15) is 47.0 Å². The average Bonchev–Trinajstić information content (AvgIpc) is 2.35. The number of rotatable bonds is 4. The number of ether oxygens (including phenoxy) is 2. The first kappa shape index (κ1) is 15.6. The molecule has 0 aromatic rings. The number of hydrogen-bond donors (Lipinski definition) is 0. The van der Waals surface area contributed by atoms with Crippen molar-refractivity contribution in [3.05, 3.63) is 11.3 Å². The van der Waals surface area contributed by atoms with E-state index in [2.05, 4.69) is 26.8 Å². The molecule has 1 aliphatic rings. The van der Waals surface area contributed by atoms with Gasteiger partial charge in [-0.2, -0.15) is 5.26 Å². The Morgan fingerprint density at radius 2 is 2.16 bits per heavy atom. The van der Waals surface area contributed by atoms with E-state index in [1.54, 1.807) is 6.92 Å². The number of allylic oxidation sites excluding steroid dienone is 2.